The van der Waals surface area contributed by atoms with Gasteiger partial charge < -0.3 is 14.0 Å². The van der Waals surface area contributed by atoms with Gasteiger partial charge in [0.15, 0.2) is 5.75 Å². The van der Waals surface area contributed by atoms with E-state index in [2.05, 4.69) is 67.8 Å². The second-order valence-electron chi connectivity index (χ2n) is 6.70. The van der Waals surface area contributed by atoms with Crippen molar-refractivity contribution in [2.75, 3.05) is 0 Å². The SMILES string of the molecule is Cc1ccc(C(=O)Oc2c(I)cc(I)cc2I)c(C(=O)Oc2cc(I)c(S(=O)(=O)[O-])c(I)c2)c1. The van der Waals surface area contributed by atoms with Crippen LogP contribution in [0.25, 0.3) is 0 Å². The van der Waals surface area contributed by atoms with Gasteiger partial charge in [0.2, 0.25) is 0 Å². The van der Waals surface area contributed by atoms with Crippen LogP contribution in [0.5, 0.6) is 11.5 Å². The van der Waals surface area contributed by atoms with Crippen LogP contribution in [-0.2, 0) is 10.1 Å². The van der Waals surface area contributed by atoms with Crippen LogP contribution in [0, 0.1) is 24.8 Å². The Morgan fingerprint density at radius 3 is 1.82 bits per heavy atom. The highest BCUT2D eigenvalue weighted by atomic mass is 127. The second-order valence-corrected chi connectivity index (χ2v) is 13.9. The molecule has 0 radical (unpaired) electrons. The van der Waals surface area contributed by atoms with Crippen molar-refractivity contribution in [3.63, 3.8) is 0 Å². The van der Waals surface area contributed by atoms with Crippen molar-refractivity contribution in [1.29, 1.82) is 0 Å². The molecule has 13 heteroatoms. The Balaban J connectivity index is 1.95. The first-order valence-electron chi connectivity index (χ1n) is 8.92. The van der Waals surface area contributed by atoms with Gasteiger partial charge in [-0.05, 0) is 156 Å². The quantitative estimate of drug-likeness (QED) is 0.127. The van der Waals surface area contributed by atoms with Crippen molar-refractivity contribution in [1.82, 2.24) is 0 Å². The number of carbonyl (C=O) groups is 2. The summed E-state index contributed by atoms with van der Waals surface area (Å²) in [5.74, 6) is -1.12. The molecule has 7 nitrogen and oxygen atoms in total. The lowest BCUT2D eigenvalue weighted by Crippen LogP contribution is -2.18. The summed E-state index contributed by atoms with van der Waals surface area (Å²) >= 11 is 9.70. The van der Waals surface area contributed by atoms with Crippen LogP contribution in [0.15, 0.2) is 47.4 Å². The molecule has 3 rings (SSSR count). The van der Waals surface area contributed by atoms with Crippen molar-refractivity contribution < 1.29 is 32.0 Å². The molecular weight excluding hydrogens is 1030 g/mol. The Hall–Kier alpha value is 0.160. The van der Waals surface area contributed by atoms with Crippen LogP contribution in [0.4, 0.5) is 0 Å². The number of carbonyl (C=O) groups excluding carboxylic acids is 2. The van der Waals surface area contributed by atoms with Crippen molar-refractivity contribution in [3.8, 4) is 11.5 Å². The minimum absolute atomic E-state index is 0.00827. The zero-order valence-electron chi connectivity index (χ0n) is 16.7. The average molecular weight is 1040 g/mol. The highest BCUT2D eigenvalue weighted by molar-refractivity contribution is 14.1. The lowest BCUT2D eigenvalue weighted by Gasteiger charge is -2.15. The van der Waals surface area contributed by atoms with Crippen molar-refractivity contribution in [2.45, 2.75) is 11.8 Å². The van der Waals surface area contributed by atoms with Crippen LogP contribution in [0.1, 0.15) is 26.3 Å². The molecule has 0 N–H and O–H groups in total. The third-order valence-corrected chi connectivity index (χ3v) is 9.80. The molecule has 34 heavy (non-hydrogen) atoms. The maximum Gasteiger partial charge on any atom is 0.344 e. The first-order chi connectivity index (χ1) is 15.8. The highest BCUT2D eigenvalue weighted by Crippen LogP contribution is 2.32. The Morgan fingerprint density at radius 1 is 0.765 bits per heavy atom. The Kier molecular flexibility index (Phi) is 9.88. The summed E-state index contributed by atoms with van der Waals surface area (Å²) < 4.78 is 48.2. The molecule has 3 aromatic carbocycles. The Bertz CT molecular complexity index is 1390. The molecule has 178 valence electrons. The van der Waals surface area contributed by atoms with Gasteiger partial charge in [0, 0.05) is 10.7 Å². The minimum Gasteiger partial charge on any atom is -0.744 e. The topological polar surface area (TPSA) is 110 Å². The van der Waals surface area contributed by atoms with Gasteiger partial charge in [-0.3, -0.25) is 0 Å². The number of hydrogen-bond acceptors (Lipinski definition) is 7. The standard InChI is InChI=1S/C21H11I5O7S/c1-9-2-3-12(20(27)33-18-14(23)5-10(22)6-15(18)24)13(4-9)21(28)32-11-7-16(25)19(17(26)8-11)34(29,30)31/h2-8H,1H3,(H,29,30,31)/p-1. The number of halogens is 5. The molecule has 0 fully saturated rings. The summed E-state index contributed by atoms with van der Waals surface area (Å²) in [6, 6.07) is 11.0. The van der Waals surface area contributed by atoms with E-state index in [1.165, 1.54) is 24.3 Å². The first-order valence-corrected chi connectivity index (χ1v) is 15.7. The highest BCUT2D eigenvalue weighted by Gasteiger charge is 2.23. The van der Waals surface area contributed by atoms with Crippen LogP contribution >= 0.6 is 113 Å². The Labute approximate surface area is 263 Å². The molecule has 0 saturated heterocycles. The van der Waals surface area contributed by atoms with E-state index in [9.17, 15) is 22.6 Å². The number of benzene rings is 3. The zero-order valence-corrected chi connectivity index (χ0v) is 28.3. The average Bonchev–Trinajstić information content (AvgIpc) is 2.68. The van der Waals surface area contributed by atoms with Crippen molar-refractivity contribution >= 4 is 135 Å². The maximum atomic E-state index is 13.0. The number of aryl methyl sites for hydroxylation is 1. The monoisotopic (exact) mass is 1040 g/mol. The Morgan fingerprint density at radius 2 is 1.29 bits per heavy atom. The second kappa shape index (κ2) is 11.7. The van der Waals surface area contributed by atoms with Gasteiger partial charge in [0.1, 0.15) is 15.9 Å². The molecule has 0 aromatic heterocycles. The minimum atomic E-state index is -4.69. The third-order valence-electron chi connectivity index (χ3n) is 4.21. The van der Waals surface area contributed by atoms with Crippen LogP contribution < -0.4 is 9.47 Å². The fraction of sp³-hybridized carbons (Fsp3) is 0.0476. The summed E-state index contributed by atoms with van der Waals surface area (Å²) in [5, 5.41) is 0. The van der Waals surface area contributed by atoms with E-state index in [0.29, 0.717) is 5.75 Å². The molecule has 0 heterocycles. The number of esters is 2. The summed E-state index contributed by atoms with van der Waals surface area (Å²) in [5.41, 5.74) is 0.730. The van der Waals surface area contributed by atoms with E-state index in [1.807, 2.05) is 12.1 Å². The first kappa shape index (κ1) is 28.7. The predicted octanol–water partition coefficient (Wildman–Crippen LogP) is 6.36. The molecule has 0 atom stereocenters. The van der Waals surface area contributed by atoms with Gasteiger partial charge in [-0.25, -0.2) is 18.0 Å². The van der Waals surface area contributed by atoms with Crippen LogP contribution in [0.3, 0.4) is 0 Å². The number of ether oxygens (including phenoxy) is 2. The van der Waals surface area contributed by atoms with E-state index < -0.39 is 22.1 Å². The van der Waals surface area contributed by atoms with Crippen LogP contribution in [0.2, 0.25) is 0 Å². The summed E-state index contributed by atoms with van der Waals surface area (Å²) in [4.78, 5) is 25.6. The van der Waals surface area contributed by atoms with Gasteiger partial charge >= 0.3 is 11.9 Å². The fourth-order valence-electron chi connectivity index (χ4n) is 2.78. The van der Waals surface area contributed by atoms with E-state index in [0.717, 1.165) is 16.3 Å². The summed E-state index contributed by atoms with van der Waals surface area (Å²) in [6.45, 7) is 1.76. The van der Waals surface area contributed by atoms with Gasteiger partial charge in [-0.15, -0.1) is 0 Å². The van der Waals surface area contributed by atoms with Gasteiger partial charge in [0.05, 0.1) is 23.2 Å². The lowest BCUT2D eigenvalue weighted by molar-refractivity contribution is 0.0690. The molecule has 0 bridgehead atoms. The van der Waals surface area contributed by atoms with Crippen LogP contribution in [-0.4, -0.2) is 24.9 Å². The normalized spacial score (nSPS) is 11.3. The fourth-order valence-corrected chi connectivity index (χ4v) is 10.5. The number of hydrogen-bond donors (Lipinski definition) is 0. The van der Waals surface area contributed by atoms with E-state index in [1.54, 1.807) is 58.2 Å². The van der Waals surface area contributed by atoms with Crippen molar-refractivity contribution in [2.24, 2.45) is 0 Å². The molecule has 3 aromatic rings. The third kappa shape index (κ3) is 6.92. The van der Waals surface area contributed by atoms with E-state index >= 15 is 0 Å². The molecule has 0 spiro atoms. The van der Waals surface area contributed by atoms with Crippen molar-refractivity contribution in [3.05, 3.63) is 77.0 Å². The molecular formula is C21H10I5O7S-. The summed E-state index contributed by atoms with van der Waals surface area (Å²) in [6.07, 6.45) is 0. The molecule has 0 amide bonds. The molecule has 0 unspecified atom stereocenters. The number of rotatable bonds is 5. The lowest BCUT2D eigenvalue weighted by atomic mass is 10.0. The smallest absolute Gasteiger partial charge is 0.344 e. The van der Waals surface area contributed by atoms with E-state index in [-0.39, 0.29) is 28.9 Å². The molecule has 0 aliphatic carbocycles. The van der Waals surface area contributed by atoms with Gasteiger partial charge in [-0.1, -0.05) is 11.6 Å². The zero-order chi connectivity index (χ0) is 25.4. The molecule has 0 aliphatic rings. The van der Waals surface area contributed by atoms with Gasteiger partial charge in [-0.2, -0.15) is 0 Å². The summed E-state index contributed by atoms with van der Waals surface area (Å²) in [7, 11) is -4.69. The van der Waals surface area contributed by atoms with Gasteiger partial charge in [0.25, 0.3) is 0 Å². The predicted molar refractivity (Wildman–Crippen MR) is 166 cm³/mol. The maximum absolute atomic E-state index is 13.0. The largest absolute Gasteiger partial charge is 0.744 e. The van der Waals surface area contributed by atoms with E-state index in [4.69, 9.17) is 9.47 Å². The molecule has 0 saturated carbocycles. The molecule has 0 aliphatic heterocycles.